The number of benzene rings is 1. The standard InChI is InChI=1S/C17H19N3O5/c1-12(16-3-2-8-25-16)18-17(21)14-11-13(4-5-15(14)20(22)23)19-6-9-24-10-7-19/h2-5,8,11-12H,6-7,9-10H2,1H3,(H,18,21)/t12-/m1/s1. The summed E-state index contributed by atoms with van der Waals surface area (Å²) in [5, 5.41) is 14.0. The van der Waals surface area contributed by atoms with Crippen LogP contribution >= 0.6 is 0 Å². The first-order valence-electron chi connectivity index (χ1n) is 8.01. The van der Waals surface area contributed by atoms with Gasteiger partial charge in [-0.3, -0.25) is 14.9 Å². The highest BCUT2D eigenvalue weighted by atomic mass is 16.6. The second kappa shape index (κ2) is 7.35. The highest BCUT2D eigenvalue weighted by Gasteiger charge is 2.24. The number of nitro groups is 1. The fourth-order valence-electron chi connectivity index (χ4n) is 2.77. The van der Waals surface area contributed by atoms with Crippen LogP contribution in [0.25, 0.3) is 0 Å². The van der Waals surface area contributed by atoms with Crippen LogP contribution in [0.2, 0.25) is 0 Å². The number of hydrogen-bond acceptors (Lipinski definition) is 6. The van der Waals surface area contributed by atoms with Crippen LogP contribution in [-0.2, 0) is 4.74 Å². The molecule has 1 aliphatic heterocycles. The minimum Gasteiger partial charge on any atom is -0.467 e. The topological polar surface area (TPSA) is 97.9 Å². The monoisotopic (exact) mass is 345 g/mol. The van der Waals surface area contributed by atoms with Gasteiger partial charge in [-0.15, -0.1) is 0 Å². The van der Waals surface area contributed by atoms with Crippen molar-refractivity contribution < 1.29 is 18.9 Å². The Bertz CT molecular complexity index is 754. The van der Waals surface area contributed by atoms with Gasteiger partial charge < -0.3 is 19.4 Å². The maximum atomic E-state index is 12.6. The Morgan fingerprint density at radius 2 is 2.08 bits per heavy atom. The molecule has 8 nitrogen and oxygen atoms in total. The van der Waals surface area contributed by atoms with E-state index in [0.717, 1.165) is 5.69 Å². The van der Waals surface area contributed by atoms with Crippen molar-refractivity contribution in [3.63, 3.8) is 0 Å². The molecule has 1 aliphatic rings. The molecule has 1 aromatic heterocycles. The average Bonchev–Trinajstić information content (AvgIpc) is 3.16. The van der Waals surface area contributed by atoms with Gasteiger partial charge in [0.1, 0.15) is 11.3 Å². The van der Waals surface area contributed by atoms with Gasteiger partial charge in [0.15, 0.2) is 0 Å². The largest absolute Gasteiger partial charge is 0.467 e. The van der Waals surface area contributed by atoms with E-state index in [1.807, 2.05) is 4.90 Å². The van der Waals surface area contributed by atoms with Gasteiger partial charge in [0, 0.05) is 24.8 Å². The number of carbonyl (C=O) groups excluding carboxylic acids is 1. The number of hydrogen-bond donors (Lipinski definition) is 1. The number of carbonyl (C=O) groups is 1. The van der Waals surface area contributed by atoms with E-state index in [2.05, 4.69) is 5.32 Å². The van der Waals surface area contributed by atoms with Crippen LogP contribution in [0.1, 0.15) is 29.1 Å². The lowest BCUT2D eigenvalue weighted by Crippen LogP contribution is -2.36. The third kappa shape index (κ3) is 3.80. The van der Waals surface area contributed by atoms with Gasteiger partial charge in [-0.25, -0.2) is 0 Å². The number of nitrogens with zero attached hydrogens (tertiary/aromatic N) is 2. The van der Waals surface area contributed by atoms with Gasteiger partial charge >= 0.3 is 0 Å². The van der Waals surface area contributed by atoms with E-state index in [-0.39, 0.29) is 11.3 Å². The summed E-state index contributed by atoms with van der Waals surface area (Å²) in [6.07, 6.45) is 1.51. The molecule has 0 spiro atoms. The second-order valence-electron chi connectivity index (χ2n) is 5.77. The maximum Gasteiger partial charge on any atom is 0.282 e. The molecule has 0 saturated carbocycles. The molecule has 2 heterocycles. The van der Waals surface area contributed by atoms with Crippen molar-refractivity contribution in [1.29, 1.82) is 0 Å². The Kier molecular flexibility index (Phi) is 4.99. The Balaban J connectivity index is 1.86. The highest BCUT2D eigenvalue weighted by Crippen LogP contribution is 2.26. The van der Waals surface area contributed by atoms with Crippen molar-refractivity contribution in [2.75, 3.05) is 31.2 Å². The molecule has 8 heteroatoms. The zero-order chi connectivity index (χ0) is 17.8. The molecular formula is C17H19N3O5. The number of nitro benzene ring substituents is 1. The number of amides is 1. The molecule has 1 saturated heterocycles. The van der Waals surface area contributed by atoms with Crippen LogP contribution in [0.15, 0.2) is 41.0 Å². The van der Waals surface area contributed by atoms with E-state index < -0.39 is 16.9 Å². The van der Waals surface area contributed by atoms with Crippen LogP contribution in [0, 0.1) is 10.1 Å². The van der Waals surface area contributed by atoms with Crippen LogP contribution in [0.3, 0.4) is 0 Å². The van der Waals surface area contributed by atoms with Gasteiger partial charge in [-0.2, -0.15) is 0 Å². The van der Waals surface area contributed by atoms with E-state index in [4.69, 9.17) is 9.15 Å². The molecule has 0 bridgehead atoms. The lowest BCUT2D eigenvalue weighted by molar-refractivity contribution is -0.385. The van der Waals surface area contributed by atoms with Gasteiger partial charge in [0.25, 0.3) is 11.6 Å². The predicted octanol–water partition coefficient (Wildman–Crippen LogP) is 2.52. The number of ether oxygens (including phenoxy) is 1. The molecule has 1 fully saturated rings. The van der Waals surface area contributed by atoms with Crippen LogP contribution in [-0.4, -0.2) is 37.1 Å². The van der Waals surface area contributed by atoms with E-state index in [0.29, 0.717) is 32.1 Å². The summed E-state index contributed by atoms with van der Waals surface area (Å²) in [5.74, 6) is 0.0750. The molecule has 25 heavy (non-hydrogen) atoms. The van der Waals surface area contributed by atoms with Crippen LogP contribution < -0.4 is 10.2 Å². The van der Waals surface area contributed by atoms with Gasteiger partial charge in [-0.1, -0.05) is 0 Å². The van der Waals surface area contributed by atoms with Gasteiger partial charge in [0.2, 0.25) is 0 Å². The minimum absolute atomic E-state index is 0.0346. The zero-order valence-corrected chi connectivity index (χ0v) is 13.8. The summed E-state index contributed by atoms with van der Waals surface area (Å²) < 4.78 is 10.6. The van der Waals surface area contributed by atoms with E-state index in [9.17, 15) is 14.9 Å². The summed E-state index contributed by atoms with van der Waals surface area (Å²) in [5.41, 5.74) is 0.582. The fraction of sp³-hybridized carbons (Fsp3) is 0.353. The first-order valence-corrected chi connectivity index (χ1v) is 8.01. The molecule has 0 unspecified atom stereocenters. The molecule has 132 valence electrons. The van der Waals surface area contributed by atoms with Crippen LogP contribution in [0.5, 0.6) is 0 Å². The van der Waals surface area contributed by atoms with E-state index in [1.54, 1.807) is 31.2 Å². The molecule has 1 amide bonds. The normalized spacial score (nSPS) is 15.6. The summed E-state index contributed by atoms with van der Waals surface area (Å²) in [6.45, 7) is 4.31. The molecule has 0 radical (unpaired) electrons. The molecule has 3 rings (SSSR count). The summed E-state index contributed by atoms with van der Waals surface area (Å²) in [7, 11) is 0. The zero-order valence-electron chi connectivity index (χ0n) is 13.8. The Hall–Kier alpha value is -2.87. The lowest BCUT2D eigenvalue weighted by atomic mass is 10.1. The summed E-state index contributed by atoms with van der Waals surface area (Å²) in [4.78, 5) is 25.4. The first-order chi connectivity index (χ1) is 12.1. The van der Waals surface area contributed by atoms with Crippen molar-refractivity contribution in [2.24, 2.45) is 0 Å². The molecule has 1 N–H and O–H groups in total. The first kappa shape index (κ1) is 17.0. The van der Waals surface area contributed by atoms with Gasteiger partial charge in [0.05, 0.1) is 30.4 Å². The third-order valence-corrected chi connectivity index (χ3v) is 4.12. The molecule has 1 aromatic carbocycles. The minimum atomic E-state index is -0.546. The molecule has 2 aromatic rings. The van der Waals surface area contributed by atoms with Crippen molar-refractivity contribution in [3.05, 3.63) is 58.0 Å². The second-order valence-corrected chi connectivity index (χ2v) is 5.77. The predicted molar refractivity (Wildman–Crippen MR) is 90.7 cm³/mol. The third-order valence-electron chi connectivity index (χ3n) is 4.12. The Morgan fingerprint density at radius 1 is 1.32 bits per heavy atom. The Morgan fingerprint density at radius 3 is 2.72 bits per heavy atom. The van der Waals surface area contributed by atoms with Crippen molar-refractivity contribution in [2.45, 2.75) is 13.0 Å². The fourth-order valence-corrected chi connectivity index (χ4v) is 2.77. The molecule has 1 atom stereocenters. The highest BCUT2D eigenvalue weighted by molar-refractivity contribution is 5.99. The number of furan rings is 1. The van der Waals surface area contributed by atoms with Crippen molar-refractivity contribution >= 4 is 17.3 Å². The Labute approximate surface area is 144 Å². The van der Waals surface area contributed by atoms with Gasteiger partial charge in [-0.05, 0) is 31.2 Å². The molecule has 0 aliphatic carbocycles. The van der Waals surface area contributed by atoms with Crippen molar-refractivity contribution in [3.8, 4) is 0 Å². The smallest absolute Gasteiger partial charge is 0.282 e. The SMILES string of the molecule is C[C@@H](NC(=O)c1cc(N2CCOCC2)ccc1[N+](=O)[O-])c1ccco1. The van der Waals surface area contributed by atoms with Crippen molar-refractivity contribution in [1.82, 2.24) is 5.32 Å². The quantitative estimate of drug-likeness (QED) is 0.660. The van der Waals surface area contributed by atoms with E-state index >= 15 is 0 Å². The number of anilines is 1. The number of nitrogens with one attached hydrogen (secondary N) is 1. The number of rotatable bonds is 5. The summed E-state index contributed by atoms with van der Waals surface area (Å²) in [6, 6.07) is 7.67. The van der Waals surface area contributed by atoms with E-state index in [1.165, 1.54) is 12.3 Å². The molecular weight excluding hydrogens is 326 g/mol. The van der Waals surface area contributed by atoms with Crippen LogP contribution in [0.4, 0.5) is 11.4 Å². The lowest BCUT2D eigenvalue weighted by Gasteiger charge is -2.29. The average molecular weight is 345 g/mol. The number of morpholine rings is 1. The summed E-state index contributed by atoms with van der Waals surface area (Å²) >= 11 is 0. The maximum absolute atomic E-state index is 12.6.